The molecule has 1 fully saturated rings. The van der Waals surface area contributed by atoms with E-state index in [4.69, 9.17) is 11.6 Å². The first kappa shape index (κ1) is 18.7. The minimum atomic E-state index is -0.181. The van der Waals surface area contributed by atoms with Crippen molar-refractivity contribution in [2.24, 2.45) is 5.92 Å². The fraction of sp³-hybridized carbons (Fsp3) is 0.467. The third kappa shape index (κ3) is 5.83. The average Bonchev–Trinajstić information content (AvgIpc) is 2.42. The summed E-state index contributed by atoms with van der Waals surface area (Å²) >= 11 is 6.07. The lowest BCUT2D eigenvalue weighted by Crippen LogP contribution is -2.30. The fourth-order valence-corrected chi connectivity index (χ4v) is 2.67. The molecule has 1 aliphatic heterocycles. The van der Waals surface area contributed by atoms with Crippen molar-refractivity contribution in [3.05, 3.63) is 23.2 Å². The van der Waals surface area contributed by atoms with Gasteiger partial charge in [0.05, 0.1) is 10.7 Å². The van der Waals surface area contributed by atoms with Crippen LogP contribution in [0.3, 0.4) is 0 Å². The zero-order chi connectivity index (χ0) is 15.2. The van der Waals surface area contributed by atoms with Crippen molar-refractivity contribution < 1.29 is 9.59 Å². The Morgan fingerprint density at radius 2 is 1.95 bits per heavy atom. The molecule has 0 atom stereocenters. The van der Waals surface area contributed by atoms with Crippen LogP contribution in [-0.4, -0.2) is 24.9 Å². The van der Waals surface area contributed by atoms with Crippen LogP contribution in [0.4, 0.5) is 11.4 Å². The first-order chi connectivity index (χ1) is 10.0. The zero-order valence-corrected chi connectivity index (χ0v) is 14.0. The number of piperidine rings is 1. The maximum Gasteiger partial charge on any atom is 0.224 e. The molecule has 0 saturated carbocycles. The molecule has 0 bridgehead atoms. The molecule has 7 heteroatoms. The first-order valence-electron chi connectivity index (χ1n) is 7.12. The second kappa shape index (κ2) is 8.98. The van der Waals surface area contributed by atoms with Gasteiger partial charge in [-0.3, -0.25) is 9.59 Å². The molecule has 1 aromatic rings. The largest absolute Gasteiger partial charge is 0.326 e. The minimum Gasteiger partial charge on any atom is -0.326 e. The molecule has 1 aromatic carbocycles. The van der Waals surface area contributed by atoms with E-state index >= 15 is 0 Å². The zero-order valence-electron chi connectivity index (χ0n) is 12.4. The Kier molecular flexibility index (Phi) is 7.65. The van der Waals surface area contributed by atoms with Gasteiger partial charge in [-0.25, -0.2) is 0 Å². The van der Waals surface area contributed by atoms with Crippen LogP contribution in [0.5, 0.6) is 0 Å². The molecule has 2 amide bonds. The van der Waals surface area contributed by atoms with Crippen LogP contribution in [0.2, 0.25) is 5.02 Å². The summed E-state index contributed by atoms with van der Waals surface area (Å²) in [6.45, 7) is 3.38. The molecule has 0 aromatic heterocycles. The smallest absolute Gasteiger partial charge is 0.224 e. The molecule has 1 heterocycles. The topological polar surface area (TPSA) is 70.2 Å². The number of anilines is 2. The van der Waals surface area contributed by atoms with E-state index in [1.165, 1.54) is 6.92 Å². The van der Waals surface area contributed by atoms with Crippen molar-refractivity contribution in [3.8, 4) is 0 Å². The van der Waals surface area contributed by atoms with E-state index in [9.17, 15) is 9.59 Å². The van der Waals surface area contributed by atoms with E-state index < -0.39 is 0 Å². The minimum absolute atomic E-state index is 0. The van der Waals surface area contributed by atoms with Gasteiger partial charge < -0.3 is 16.0 Å². The second-order valence-corrected chi connectivity index (χ2v) is 5.73. The predicted octanol–water partition coefficient (Wildman–Crippen LogP) is 3.05. The van der Waals surface area contributed by atoms with Crippen LogP contribution >= 0.6 is 24.0 Å². The Morgan fingerprint density at radius 1 is 1.27 bits per heavy atom. The highest BCUT2D eigenvalue weighted by atomic mass is 35.5. The molecule has 0 unspecified atom stereocenters. The summed E-state index contributed by atoms with van der Waals surface area (Å²) < 4.78 is 0. The second-order valence-electron chi connectivity index (χ2n) is 5.32. The van der Waals surface area contributed by atoms with Gasteiger partial charge in [0, 0.05) is 19.0 Å². The van der Waals surface area contributed by atoms with Gasteiger partial charge in [0.15, 0.2) is 0 Å². The fourth-order valence-electron chi connectivity index (χ4n) is 2.44. The van der Waals surface area contributed by atoms with Gasteiger partial charge in [-0.1, -0.05) is 11.6 Å². The number of rotatable bonds is 4. The van der Waals surface area contributed by atoms with Crippen molar-refractivity contribution >= 4 is 47.2 Å². The van der Waals surface area contributed by atoms with E-state index in [0.29, 0.717) is 28.7 Å². The van der Waals surface area contributed by atoms with Crippen molar-refractivity contribution in [2.75, 3.05) is 23.7 Å². The summed E-state index contributed by atoms with van der Waals surface area (Å²) in [5.74, 6) is 0.269. The summed E-state index contributed by atoms with van der Waals surface area (Å²) in [7, 11) is 0. The average molecular weight is 346 g/mol. The number of carbonyl (C=O) groups excluding carboxylic acids is 2. The quantitative estimate of drug-likeness (QED) is 0.785. The Labute approximate surface area is 141 Å². The number of hydrogen-bond acceptors (Lipinski definition) is 3. The van der Waals surface area contributed by atoms with E-state index in [-0.39, 0.29) is 24.2 Å². The third-order valence-corrected chi connectivity index (χ3v) is 3.81. The molecular formula is C15H21Cl2N3O2. The van der Waals surface area contributed by atoms with Crippen molar-refractivity contribution in [1.29, 1.82) is 0 Å². The number of benzene rings is 1. The van der Waals surface area contributed by atoms with Gasteiger partial charge in [-0.15, -0.1) is 12.4 Å². The van der Waals surface area contributed by atoms with Crippen molar-refractivity contribution in [1.82, 2.24) is 5.32 Å². The molecule has 5 nitrogen and oxygen atoms in total. The Bertz CT molecular complexity index is 532. The van der Waals surface area contributed by atoms with E-state index in [1.807, 2.05) is 0 Å². The van der Waals surface area contributed by atoms with E-state index in [0.717, 1.165) is 25.9 Å². The lowest BCUT2D eigenvalue weighted by molar-refractivity contribution is -0.117. The Morgan fingerprint density at radius 3 is 2.55 bits per heavy atom. The lowest BCUT2D eigenvalue weighted by atomic mass is 9.94. The van der Waals surface area contributed by atoms with Crippen molar-refractivity contribution in [3.63, 3.8) is 0 Å². The lowest BCUT2D eigenvalue weighted by Gasteiger charge is -2.22. The molecule has 122 valence electrons. The number of halogens is 2. The van der Waals surface area contributed by atoms with Gasteiger partial charge in [0.1, 0.15) is 0 Å². The summed E-state index contributed by atoms with van der Waals surface area (Å²) in [6, 6.07) is 5.06. The maximum atomic E-state index is 12.0. The molecular weight excluding hydrogens is 325 g/mol. The standard InChI is InChI=1S/C15H20ClN3O2.ClH/c1-10(20)18-14-3-2-12(9-13(14)16)19-15(21)8-11-4-6-17-7-5-11;/h2-3,9,11,17H,4-8H2,1H3,(H,18,20)(H,19,21);1H. The first-order valence-corrected chi connectivity index (χ1v) is 7.50. The highest BCUT2D eigenvalue weighted by Gasteiger charge is 2.17. The van der Waals surface area contributed by atoms with Gasteiger partial charge in [-0.2, -0.15) is 0 Å². The summed E-state index contributed by atoms with van der Waals surface area (Å²) in [5.41, 5.74) is 1.19. The van der Waals surface area contributed by atoms with Gasteiger partial charge in [0.25, 0.3) is 0 Å². The molecule has 0 radical (unpaired) electrons. The molecule has 0 spiro atoms. The van der Waals surface area contributed by atoms with E-state index in [1.54, 1.807) is 18.2 Å². The molecule has 3 N–H and O–H groups in total. The van der Waals surface area contributed by atoms with Crippen LogP contribution in [0.15, 0.2) is 18.2 Å². The van der Waals surface area contributed by atoms with Crippen LogP contribution in [0.25, 0.3) is 0 Å². The maximum absolute atomic E-state index is 12.0. The van der Waals surface area contributed by atoms with Crippen LogP contribution < -0.4 is 16.0 Å². The molecule has 0 aliphatic carbocycles. The van der Waals surface area contributed by atoms with Crippen LogP contribution in [0, 0.1) is 5.92 Å². The third-order valence-electron chi connectivity index (χ3n) is 3.50. The van der Waals surface area contributed by atoms with Crippen LogP contribution in [-0.2, 0) is 9.59 Å². The Balaban J connectivity index is 0.00000242. The normalized spacial score (nSPS) is 14.8. The number of hydrogen-bond donors (Lipinski definition) is 3. The predicted molar refractivity (Wildman–Crippen MR) is 91.8 cm³/mol. The SMILES string of the molecule is CC(=O)Nc1ccc(NC(=O)CC2CCNCC2)cc1Cl.Cl. The molecule has 2 rings (SSSR count). The summed E-state index contributed by atoms with van der Waals surface area (Å²) in [4.78, 5) is 23.0. The number of carbonyl (C=O) groups is 2. The highest BCUT2D eigenvalue weighted by Crippen LogP contribution is 2.26. The number of nitrogens with one attached hydrogen (secondary N) is 3. The highest BCUT2D eigenvalue weighted by molar-refractivity contribution is 6.34. The van der Waals surface area contributed by atoms with Gasteiger partial charge in [-0.05, 0) is 50.0 Å². The number of amides is 2. The monoisotopic (exact) mass is 345 g/mol. The molecule has 1 saturated heterocycles. The van der Waals surface area contributed by atoms with Gasteiger partial charge >= 0.3 is 0 Å². The van der Waals surface area contributed by atoms with E-state index in [2.05, 4.69) is 16.0 Å². The van der Waals surface area contributed by atoms with Gasteiger partial charge in [0.2, 0.25) is 11.8 Å². The van der Waals surface area contributed by atoms with Crippen molar-refractivity contribution in [2.45, 2.75) is 26.2 Å². The Hall–Kier alpha value is -1.30. The molecule has 1 aliphatic rings. The van der Waals surface area contributed by atoms with Crippen LogP contribution in [0.1, 0.15) is 26.2 Å². The summed E-state index contributed by atoms with van der Waals surface area (Å²) in [6.07, 6.45) is 2.61. The summed E-state index contributed by atoms with van der Waals surface area (Å²) in [5, 5.41) is 9.17. The molecule has 22 heavy (non-hydrogen) atoms.